The van der Waals surface area contributed by atoms with Gasteiger partial charge in [0.2, 0.25) is 10.0 Å². The van der Waals surface area contributed by atoms with Gasteiger partial charge >= 0.3 is 0 Å². The smallest absolute Gasteiger partial charge is 0.238 e. The number of nitrogens with zero attached hydrogens (tertiary/aromatic N) is 3. The molecule has 2 aromatic carbocycles. The minimum absolute atomic E-state index is 0.0806. The molecule has 2 aromatic heterocycles. The molecule has 0 atom stereocenters. The summed E-state index contributed by atoms with van der Waals surface area (Å²) in [5, 5.41) is 6.11. The predicted molar refractivity (Wildman–Crippen MR) is 116 cm³/mol. The van der Waals surface area contributed by atoms with Gasteiger partial charge in [-0.2, -0.15) is 0 Å². The lowest BCUT2D eigenvalue weighted by Gasteiger charge is -2.08. The molecule has 4 rings (SSSR count). The molecule has 0 amide bonds. The molecule has 0 saturated heterocycles. The van der Waals surface area contributed by atoms with E-state index in [9.17, 15) is 8.42 Å². The van der Waals surface area contributed by atoms with E-state index in [1.165, 1.54) is 5.56 Å². The fraction of sp³-hybridized carbons (Fsp3) is 0.300. The van der Waals surface area contributed by atoms with E-state index in [0.717, 1.165) is 46.9 Å². The summed E-state index contributed by atoms with van der Waals surface area (Å²) in [5.41, 5.74) is 4.70. The molecule has 0 radical (unpaired) electrons. The maximum absolute atomic E-state index is 11.7. The first-order chi connectivity index (χ1) is 13.8. The first-order valence-electron chi connectivity index (χ1n) is 9.46. The third-order valence-corrected chi connectivity index (χ3v) is 6.60. The van der Waals surface area contributed by atoms with Crippen LogP contribution in [0.25, 0.3) is 22.1 Å². The molecule has 0 bridgehead atoms. The van der Waals surface area contributed by atoms with Gasteiger partial charge in [0.1, 0.15) is 5.82 Å². The van der Waals surface area contributed by atoms with Crippen molar-refractivity contribution in [3.05, 3.63) is 47.8 Å². The number of thioether (sulfide) groups is 1. The number of nitrogens with one attached hydrogen (secondary N) is 1. The summed E-state index contributed by atoms with van der Waals surface area (Å²) in [6.07, 6.45) is 2.08. The van der Waals surface area contributed by atoms with Crippen LogP contribution in [-0.4, -0.2) is 27.9 Å². The number of aromatic nitrogens is 4. The maximum Gasteiger partial charge on any atom is 0.238 e. The fourth-order valence-corrected chi connectivity index (χ4v) is 4.68. The summed E-state index contributed by atoms with van der Waals surface area (Å²) >= 11 is 1.58. The summed E-state index contributed by atoms with van der Waals surface area (Å²) < 4.78 is 25.5. The summed E-state index contributed by atoms with van der Waals surface area (Å²) in [6, 6.07) is 11.0. The fourth-order valence-electron chi connectivity index (χ4n) is 3.31. The molecule has 7 nitrogen and oxygen atoms in total. The quantitative estimate of drug-likeness (QED) is 0.433. The molecule has 0 fully saturated rings. The zero-order valence-corrected chi connectivity index (χ0v) is 18.0. The average Bonchev–Trinajstić information content (AvgIpc) is 3.23. The Hall–Kier alpha value is -2.36. The molecular formula is C20H23N5O2S2. The van der Waals surface area contributed by atoms with Gasteiger partial charge in [-0.05, 0) is 49.2 Å². The zero-order chi connectivity index (χ0) is 20.6. The predicted octanol–water partition coefficient (Wildman–Crippen LogP) is 3.96. The van der Waals surface area contributed by atoms with Crippen LogP contribution in [0.2, 0.25) is 0 Å². The third-order valence-electron chi connectivity index (χ3n) is 4.82. The molecule has 0 unspecified atom stereocenters. The normalized spacial score (nSPS) is 12.2. The van der Waals surface area contributed by atoms with Gasteiger partial charge in [-0.3, -0.25) is 0 Å². The van der Waals surface area contributed by atoms with Gasteiger partial charge in [0.15, 0.2) is 5.16 Å². The second-order valence-corrected chi connectivity index (χ2v) is 9.61. The number of benzene rings is 2. The Bertz CT molecular complexity index is 1290. The number of hydrogen-bond donors (Lipinski definition) is 2. The topological polar surface area (TPSA) is 107 Å². The number of nitrogens with two attached hydrogens (primary N) is 1. The van der Waals surface area contributed by atoms with Crippen LogP contribution in [0.5, 0.6) is 0 Å². The van der Waals surface area contributed by atoms with Crippen molar-refractivity contribution in [3.63, 3.8) is 0 Å². The molecule has 0 saturated carbocycles. The van der Waals surface area contributed by atoms with E-state index >= 15 is 0 Å². The minimum Gasteiger partial charge on any atom is -0.333 e. The van der Waals surface area contributed by atoms with E-state index < -0.39 is 10.0 Å². The lowest BCUT2D eigenvalue weighted by Crippen LogP contribution is -2.11. The molecule has 0 spiro atoms. The molecule has 0 aliphatic carbocycles. The number of aromatic amines is 1. The van der Waals surface area contributed by atoms with E-state index in [-0.39, 0.29) is 4.90 Å². The second kappa shape index (κ2) is 7.81. The molecule has 0 aliphatic rings. The summed E-state index contributed by atoms with van der Waals surface area (Å²) in [5.74, 6) is 1.52. The number of rotatable bonds is 7. The highest BCUT2D eigenvalue weighted by Crippen LogP contribution is 2.27. The highest BCUT2D eigenvalue weighted by molar-refractivity contribution is 7.98. The van der Waals surface area contributed by atoms with Gasteiger partial charge in [0.05, 0.1) is 32.7 Å². The Labute approximate surface area is 173 Å². The molecule has 2 heterocycles. The van der Waals surface area contributed by atoms with Crippen molar-refractivity contribution < 1.29 is 8.42 Å². The first kappa shape index (κ1) is 19.9. The number of unbranched alkanes of at least 4 members (excludes halogenated alkanes) is 1. The van der Waals surface area contributed by atoms with Crippen molar-refractivity contribution in [2.24, 2.45) is 5.14 Å². The van der Waals surface area contributed by atoms with Crippen molar-refractivity contribution in [3.8, 4) is 0 Å². The molecule has 4 aromatic rings. The molecule has 9 heteroatoms. The van der Waals surface area contributed by atoms with E-state index in [1.54, 1.807) is 30.0 Å². The van der Waals surface area contributed by atoms with Crippen LogP contribution in [0.15, 0.2) is 46.5 Å². The summed E-state index contributed by atoms with van der Waals surface area (Å²) in [4.78, 5) is 12.8. The zero-order valence-electron chi connectivity index (χ0n) is 16.3. The van der Waals surface area contributed by atoms with E-state index in [1.807, 2.05) is 12.1 Å². The van der Waals surface area contributed by atoms with Crippen LogP contribution in [0, 0.1) is 6.92 Å². The number of H-pyrrole nitrogens is 1. The SMILES string of the molecule is CCCCn1c(CSc2nc3ccc(C)cc3[nH]2)nc2cc(S(N)(=O)=O)ccc21. The molecule has 152 valence electrons. The van der Waals surface area contributed by atoms with Gasteiger partial charge in [-0.25, -0.2) is 23.5 Å². The summed E-state index contributed by atoms with van der Waals surface area (Å²) in [7, 11) is -3.76. The highest BCUT2D eigenvalue weighted by Gasteiger charge is 2.15. The van der Waals surface area contributed by atoms with Crippen LogP contribution in [-0.2, 0) is 22.3 Å². The Morgan fingerprint density at radius 3 is 2.72 bits per heavy atom. The Kier molecular flexibility index (Phi) is 5.37. The number of hydrogen-bond acceptors (Lipinski definition) is 5. The lowest BCUT2D eigenvalue weighted by molar-refractivity contribution is 0.598. The number of sulfonamides is 1. The van der Waals surface area contributed by atoms with Crippen molar-refractivity contribution in [2.75, 3.05) is 0 Å². The number of imidazole rings is 2. The van der Waals surface area contributed by atoms with E-state index in [0.29, 0.717) is 11.3 Å². The van der Waals surface area contributed by atoms with Crippen LogP contribution in [0.1, 0.15) is 31.2 Å². The largest absolute Gasteiger partial charge is 0.333 e. The minimum atomic E-state index is -3.76. The van der Waals surface area contributed by atoms with E-state index in [4.69, 9.17) is 10.1 Å². The number of aryl methyl sites for hydroxylation is 2. The Balaban J connectivity index is 1.66. The van der Waals surface area contributed by atoms with Crippen molar-refractivity contribution in [1.82, 2.24) is 19.5 Å². The van der Waals surface area contributed by atoms with E-state index in [2.05, 4.69) is 34.4 Å². The van der Waals surface area contributed by atoms with Crippen LogP contribution in [0.3, 0.4) is 0 Å². The van der Waals surface area contributed by atoms with Crippen LogP contribution < -0.4 is 5.14 Å². The average molecular weight is 430 g/mol. The molecule has 0 aliphatic heterocycles. The Morgan fingerprint density at radius 1 is 1.14 bits per heavy atom. The third kappa shape index (κ3) is 4.17. The molecule has 3 N–H and O–H groups in total. The summed E-state index contributed by atoms with van der Waals surface area (Å²) in [6.45, 7) is 5.03. The molecular weight excluding hydrogens is 406 g/mol. The monoisotopic (exact) mass is 429 g/mol. The van der Waals surface area contributed by atoms with Gasteiger partial charge in [-0.1, -0.05) is 31.2 Å². The van der Waals surface area contributed by atoms with Gasteiger partial charge in [-0.15, -0.1) is 0 Å². The maximum atomic E-state index is 11.7. The van der Waals surface area contributed by atoms with Crippen LogP contribution >= 0.6 is 11.8 Å². The standard InChI is InChI=1S/C20H23N5O2S2/c1-3-4-9-25-18-8-6-14(29(21,26)27)11-17(18)22-19(25)12-28-20-23-15-7-5-13(2)10-16(15)24-20/h5-8,10-11H,3-4,9,12H2,1-2H3,(H,23,24)(H2,21,26,27). The van der Waals surface area contributed by atoms with Gasteiger partial charge in [0.25, 0.3) is 0 Å². The highest BCUT2D eigenvalue weighted by atomic mass is 32.2. The van der Waals surface area contributed by atoms with Crippen molar-refractivity contribution >= 4 is 43.9 Å². The lowest BCUT2D eigenvalue weighted by atomic mass is 10.2. The molecule has 29 heavy (non-hydrogen) atoms. The van der Waals surface area contributed by atoms with Crippen LogP contribution in [0.4, 0.5) is 0 Å². The Morgan fingerprint density at radius 2 is 1.97 bits per heavy atom. The van der Waals surface area contributed by atoms with Gasteiger partial charge in [0, 0.05) is 6.54 Å². The first-order valence-corrected chi connectivity index (χ1v) is 12.0. The number of fused-ring (bicyclic) bond motifs is 2. The van der Waals surface area contributed by atoms with Crippen molar-refractivity contribution in [1.29, 1.82) is 0 Å². The number of primary sulfonamides is 1. The van der Waals surface area contributed by atoms with Crippen molar-refractivity contribution in [2.45, 2.75) is 49.0 Å². The van der Waals surface area contributed by atoms with Gasteiger partial charge < -0.3 is 9.55 Å². The second-order valence-electron chi connectivity index (χ2n) is 7.08.